The number of nitrogens with zero attached hydrogens (tertiary/aromatic N) is 2. The first-order chi connectivity index (χ1) is 7.31. The summed E-state index contributed by atoms with van der Waals surface area (Å²) in [6.07, 6.45) is 0.251. The highest BCUT2D eigenvalue weighted by atomic mass is 19.1. The highest BCUT2D eigenvalue weighted by molar-refractivity contribution is 5.59. The van der Waals surface area contributed by atoms with Gasteiger partial charge in [0.1, 0.15) is 5.82 Å². The van der Waals surface area contributed by atoms with Gasteiger partial charge in [-0.1, -0.05) is 12.1 Å². The Morgan fingerprint density at radius 1 is 1.40 bits per heavy atom. The number of benzene rings is 1. The van der Waals surface area contributed by atoms with Gasteiger partial charge in [-0.15, -0.1) is 0 Å². The van der Waals surface area contributed by atoms with Gasteiger partial charge in [0.05, 0.1) is 18.2 Å². The lowest BCUT2D eigenvalue weighted by atomic mass is 10.1. The molecule has 1 aromatic heterocycles. The summed E-state index contributed by atoms with van der Waals surface area (Å²) in [5.41, 5.74) is 1.66. The summed E-state index contributed by atoms with van der Waals surface area (Å²) in [6.45, 7) is 0. The zero-order chi connectivity index (χ0) is 10.7. The molecule has 0 radical (unpaired) electrons. The first-order valence-corrected chi connectivity index (χ1v) is 4.47. The van der Waals surface area contributed by atoms with Crippen LogP contribution in [-0.2, 0) is 6.42 Å². The Bertz CT molecular complexity index is 511. The van der Waals surface area contributed by atoms with Gasteiger partial charge in [0, 0.05) is 11.3 Å². The molecule has 0 aliphatic heterocycles. The summed E-state index contributed by atoms with van der Waals surface area (Å²) >= 11 is 0. The lowest BCUT2D eigenvalue weighted by molar-refractivity contribution is 0.630. The zero-order valence-electron chi connectivity index (χ0n) is 7.87. The number of nitriles is 1. The van der Waals surface area contributed by atoms with Crippen LogP contribution in [0.3, 0.4) is 0 Å². The Morgan fingerprint density at radius 3 is 2.93 bits per heavy atom. The van der Waals surface area contributed by atoms with Crippen LogP contribution >= 0.6 is 0 Å². The normalized spacial score (nSPS) is 9.87. The number of aromatic amines is 1. The third-order valence-electron chi connectivity index (χ3n) is 2.05. The fraction of sp³-hybridized carbons (Fsp3) is 0.0909. The van der Waals surface area contributed by atoms with E-state index in [0.717, 1.165) is 0 Å². The molecule has 2 rings (SSSR count). The van der Waals surface area contributed by atoms with E-state index in [2.05, 4.69) is 10.2 Å². The number of aromatic nitrogens is 2. The third-order valence-corrected chi connectivity index (χ3v) is 2.05. The Labute approximate surface area is 86.2 Å². The molecule has 2 aromatic rings. The van der Waals surface area contributed by atoms with Crippen LogP contribution in [0, 0.1) is 17.1 Å². The van der Waals surface area contributed by atoms with Gasteiger partial charge in [0.25, 0.3) is 0 Å². The first kappa shape index (κ1) is 9.41. The van der Waals surface area contributed by atoms with E-state index in [1.54, 1.807) is 24.3 Å². The Balaban J connectivity index is 2.38. The summed E-state index contributed by atoms with van der Waals surface area (Å²) in [5, 5.41) is 15.1. The molecule has 4 heteroatoms. The van der Waals surface area contributed by atoms with Crippen molar-refractivity contribution in [3.05, 3.63) is 41.8 Å². The third kappa shape index (κ3) is 1.86. The molecule has 15 heavy (non-hydrogen) atoms. The Hall–Kier alpha value is -2.15. The molecule has 1 heterocycles. The molecule has 0 atom stereocenters. The summed E-state index contributed by atoms with van der Waals surface area (Å²) in [5.74, 6) is -0.312. The number of H-pyrrole nitrogens is 1. The molecule has 0 amide bonds. The van der Waals surface area contributed by atoms with E-state index in [9.17, 15) is 4.39 Å². The number of hydrogen-bond donors (Lipinski definition) is 1. The molecule has 0 spiro atoms. The number of nitrogens with one attached hydrogen (secondary N) is 1. The standard InChI is InChI=1S/C11H8FN3/c12-10-4-2-1-3-9(10)11-7-8(5-6-13)14-15-11/h1-4,7H,5H2,(H,14,15). The fourth-order valence-corrected chi connectivity index (χ4v) is 1.34. The summed E-state index contributed by atoms with van der Waals surface area (Å²) in [7, 11) is 0. The van der Waals surface area contributed by atoms with Crippen LogP contribution in [0.15, 0.2) is 30.3 Å². The van der Waals surface area contributed by atoms with E-state index in [4.69, 9.17) is 5.26 Å². The van der Waals surface area contributed by atoms with Crippen molar-refractivity contribution in [2.24, 2.45) is 0 Å². The van der Waals surface area contributed by atoms with E-state index in [1.165, 1.54) is 6.07 Å². The second kappa shape index (κ2) is 3.93. The predicted octanol–water partition coefficient (Wildman–Crippen LogP) is 2.28. The van der Waals surface area contributed by atoms with Gasteiger partial charge in [0.15, 0.2) is 0 Å². The summed E-state index contributed by atoms with van der Waals surface area (Å²) in [4.78, 5) is 0. The molecule has 74 valence electrons. The average Bonchev–Trinajstić information content (AvgIpc) is 2.68. The highest BCUT2D eigenvalue weighted by Crippen LogP contribution is 2.20. The largest absolute Gasteiger partial charge is 0.281 e. The van der Waals surface area contributed by atoms with Gasteiger partial charge in [-0.2, -0.15) is 10.4 Å². The van der Waals surface area contributed by atoms with E-state index in [0.29, 0.717) is 17.0 Å². The van der Waals surface area contributed by atoms with Crippen LogP contribution < -0.4 is 0 Å². The van der Waals surface area contributed by atoms with Gasteiger partial charge in [0.2, 0.25) is 0 Å². The Morgan fingerprint density at radius 2 is 2.20 bits per heavy atom. The molecule has 0 fully saturated rings. The molecule has 0 saturated carbocycles. The quantitative estimate of drug-likeness (QED) is 0.810. The molecule has 1 N–H and O–H groups in total. The van der Waals surface area contributed by atoms with Crippen LogP contribution in [-0.4, -0.2) is 10.2 Å². The molecular weight excluding hydrogens is 193 g/mol. The molecule has 1 aromatic carbocycles. The zero-order valence-corrected chi connectivity index (χ0v) is 7.87. The van der Waals surface area contributed by atoms with Crippen LogP contribution in [0.1, 0.15) is 5.69 Å². The number of rotatable bonds is 2. The second-order valence-corrected chi connectivity index (χ2v) is 3.09. The molecule has 0 saturated heterocycles. The average molecular weight is 201 g/mol. The van der Waals surface area contributed by atoms with Crippen LogP contribution in [0.5, 0.6) is 0 Å². The van der Waals surface area contributed by atoms with E-state index >= 15 is 0 Å². The molecule has 0 aliphatic rings. The van der Waals surface area contributed by atoms with E-state index in [1.807, 2.05) is 6.07 Å². The first-order valence-electron chi connectivity index (χ1n) is 4.47. The molecule has 0 unspecified atom stereocenters. The Kier molecular flexibility index (Phi) is 2.46. The summed E-state index contributed by atoms with van der Waals surface area (Å²) in [6, 6.07) is 10.1. The number of hydrogen-bond acceptors (Lipinski definition) is 2. The van der Waals surface area contributed by atoms with Crippen molar-refractivity contribution in [2.45, 2.75) is 6.42 Å². The molecule has 0 bridgehead atoms. The fourth-order valence-electron chi connectivity index (χ4n) is 1.34. The maximum Gasteiger partial charge on any atom is 0.132 e. The van der Waals surface area contributed by atoms with E-state index < -0.39 is 0 Å². The van der Waals surface area contributed by atoms with Crippen molar-refractivity contribution < 1.29 is 4.39 Å². The topological polar surface area (TPSA) is 52.5 Å². The van der Waals surface area contributed by atoms with Gasteiger partial charge in [-0.05, 0) is 18.2 Å². The van der Waals surface area contributed by atoms with Gasteiger partial charge >= 0.3 is 0 Å². The van der Waals surface area contributed by atoms with Crippen molar-refractivity contribution in [1.82, 2.24) is 10.2 Å². The monoisotopic (exact) mass is 201 g/mol. The minimum atomic E-state index is -0.312. The second-order valence-electron chi connectivity index (χ2n) is 3.09. The number of halogens is 1. The smallest absolute Gasteiger partial charge is 0.132 e. The van der Waals surface area contributed by atoms with Crippen LogP contribution in [0.25, 0.3) is 11.3 Å². The van der Waals surface area contributed by atoms with Crippen molar-refractivity contribution >= 4 is 0 Å². The van der Waals surface area contributed by atoms with Crippen molar-refractivity contribution in [1.29, 1.82) is 5.26 Å². The molecule has 0 aliphatic carbocycles. The van der Waals surface area contributed by atoms with E-state index in [-0.39, 0.29) is 12.2 Å². The van der Waals surface area contributed by atoms with Crippen molar-refractivity contribution in [2.75, 3.05) is 0 Å². The SMILES string of the molecule is N#CCc1cc(-c2ccccc2F)n[nH]1. The minimum absolute atomic E-state index is 0.251. The summed E-state index contributed by atoms with van der Waals surface area (Å²) < 4.78 is 13.4. The van der Waals surface area contributed by atoms with Crippen molar-refractivity contribution in [3.63, 3.8) is 0 Å². The van der Waals surface area contributed by atoms with Gasteiger partial charge in [-0.25, -0.2) is 4.39 Å². The van der Waals surface area contributed by atoms with Crippen LogP contribution in [0.4, 0.5) is 4.39 Å². The maximum absolute atomic E-state index is 13.4. The van der Waals surface area contributed by atoms with Gasteiger partial charge in [-0.3, -0.25) is 5.10 Å². The molecular formula is C11H8FN3. The minimum Gasteiger partial charge on any atom is -0.281 e. The van der Waals surface area contributed by atoms with Crippen molar-refractivity contribution in [3.8, 4) is 17.3 Å². The van der Waals surface area contributed by atoms with Crippen LogP contribution in [0.2, 0.25) is 0 Å². The lowest BCUT2D eigenvalue weighted by Crippen LogP contribution is -1.82. The molecule has 3 nitrogen and oxygen atoms in total. The lowest BCUT2D eigenvalue weighted by Gasteiger charge is -1.96. The highest BCUT2D eigenvalue weighted by Gasteiger charge is 2.07. The van der Waals surface area contributed by atoms with Gasteiger partial charge < -0.3 is 0 Å². The maximum atomic E-state index is 13.4. The predicted molar refractivity (Wildman–Crippen MR) is 53.3 cm³/mol.